The second-order valence-corrected chi connectivity index (χ2v) is 6.86. The van der Waals surface area contributed by atoms with Crippen LogP contribution in [0.2, 0.25) is 0 Å². The van der Waals surface area contributed by atoms with Crippen LogP contribution in [0.1, 0.15) is 48.9 Å². The predicted octanol–water partition coefficient (Wildman–Crippen LogP) is 2.03. The highest BCUT2D eigenvalue weighted by Crippen LogP contribution is 2.38. The molecule has 0 atom stereocenters. The lowest BCUT2D eigenvalue weighted by Crippen LogP contribution is -2.36. The average Bonchev–Trinajstić information content (AvgIpc) is 2.97. The molecule has 0 radical (unpaired) electrons. The molecule has 0 saturated heterocycles. The molecule has 8 nitrogen and oxygen atoms in total. The van der Waals surface area contributed by atoms with E-state index in [0.29, 0.717) is 29.6 Å². The predicted molar refractivity (Wildman–Crippen MR) is 113 cm³/mol. The largest absolute Gasteiger partial charge is 0.493 e. The number of rotatable bonds is 10. The maximum absolute atomic E-state index is 12.5. The molecule has 0 spiro atoms. The third-order valence-corrected chi connectivity index (χ3v) is 4.78. The second-order valence-electron chi connectivity index (χ2n) is 6.86. The summed E-state index contributed by atoms with van der Waals surface area (Å²) in [5, 5.41) is 6.42. The van der Waals surface area contributed by atoms with Crippen LogP contribution in [0, 0.1) is 0 Å². The summed E-state index contributed by atoms with van der Waals surface area (Å²) in [6.45, 7) is 0.940. The van der Waals surface area contributed by atoms with Crippen LogP contribution in [0.5, 0.6) is 17.2 Å². The highest BCUT2D eigenvalue weighted by molar-refractivity contribution is 5.95. The van der Waals surface area contributed by atoms with Crippen molar-refractivity contribution in [2.45, 2.75) is 44.6 Å². The van der Waals surface area contributed by atoms with E-state index in [4.69, 9.17) is 19.9 Å². The van der Waals surface area contributed by atoms with E-state index in [9.17, 15) is 9.59 Å². The molecule has 1 aromatic carbocycles. The van der Waals surface area contributed by atoms with Crippen LogP contribution in [-0.2, 0) is 4.79 Å². The van der Waals surface area contributed by atoms with Crippen molar-refractivity contribution < 1.29 is 23.8 Å². The van der Waals surface area contributed by atoms with Crippen LogP contribution in [0.15, 0.2) is 12.1 Å². The van der Waals surface area contributed by atoms with Crippen molar-refractivity contribution in [3.05, 3.63) is 17.7 Å². The van der Waals surface area contributed by atoms with Gasteiger partial charge in [-0.05, 0) is 25.0 Å². The first-order valence-corrected chi connectivity index (χ1v) is 9.74. The number of hydrogen-bond acceptors (Lipinski definition) is 6. The smallest absolute Gasteiger partial charge is 0.255 e. The van der Waals surface area contributed by atoms with Crippen LogP contribution in [-0.4, -0.2) is 51.8 Å². The van der Waals surface area contributed by atoms with Crippen LogP contribution in [0.3, 0.4) is 0 Å². The lowest BCUT2D eigenvalue weighted by Gasteiger charge is -2.17. The van der Waals surface area contributed by atoms with Crippen molar-refractivity contribution in [2.75, 3.05) is 33.9 Å². The standard InChI is InChI=1S/C20H31N3O5.ClH/c1-26-16-11-14(12-17(27-2)19(16)28-13-18(21)24)20(25)23-10-9-22-15-7-5-3-4-6-8-15;/h11-12,15,22H,3-10,13H2,1-2H3,(H2,21,24)(H,23,25);1H. The number of nitrogens with two attached hydrogens (primary N) is 1. The van der Waals surface area contributed by atoms with E-state index in [1.165, 1.54) is 52.7 Å². The van der Waals surface area contributed by atoms with Gasteiger partial charge >= 0.3 is 0 Å². The fourth-order valence-electron chi connectivity index (χ4n) is 3.33. The Hall–Kier alpha value is -2.19. The molecule has 4 N–H and O–H groups in total. The van der Waals surface area contributed by atoms with Gasteiger partial charge in [0.25, 0.3) is 11.8 Å². The number of methoxy groups -OCH3 is 2. The normalized spacial score (nSPS) is 14.3. The minimum atomic E-state index is -0.618. The molecular weight excluding hydrogens is 398 g/mol. The summed E-state index contributed by atoms with van der Waals surface area (Å²) in [7, 11) is 2.90. The topological polar surface area (TPSA) is 112 Å². The molecule has 1 aliphatic carbocycles. The van der Waals surface area contributed by atoms with Crippen LogP contribution in [0.4, 0.5) is 0 Å². The number of amides is 2. The Kier molecular flexibility index (Phi) is 11.2. The van der Waals surface area contributed by atoms with E-state index in [2.05, 4.69) is 10.6 Å². The molecule has 164 valence electrons. The fraction of sp³-hybridized carbons (Fsp3) is 0.600. The minimum absolute atomic E-state index is 0. The first-order chi connectivity index (χ1) is 13.5. The van der Waals surface area contributed by atoms with E-state index < -0.39 is 5.91 Å². The second kappa shape index (κ2) is 13.1. The van der Waals surface area contributed by atoms with Gasteiger partial charge in [0.15, 0.2) is 18.1 Å². The first kappa shape index (κ1) is 24.8. The third kappa shape index (κ3) is 7.98. The van der Waals surface area contributed by atoms with E-state index in [0.717, 1.165) is 6.54 Å². The summed E-state index contributed by atoms with van der Waals surface area (Å²) >= 11 is 0. The maximum Gasteiger partial charge on any atom is 0.255 e. The number of nitrogens with one attached hydrogen (secondary N) is 2. The molecule has 0 heterocycles. The zero-order valence-electron chi connectivity index (χ0n) is 17.1. The quantitative estimate of drug-likeness (QED) is 0.387. The molecule has 2 rings (SSSR count). The maximum atomic E-state index is 12.5. The van der Waals surface area contributed by atoms with Gasteiger partial charge in [-0.25, -0.2) is 0 Å². The molecule has 1 aromatic rings. The monoisotopic (exact) mass is 429 g/mol. The van der Waals surface area contributed by atoms with Crippen molar-refractivity contribution in [3.8, 4) is 17.2 Å². The minimum Gasteiger partial charge on any atom is -0.493 e. The van der Waals surface area contributed by atoms with E-state index >= 15 is 0 Å². The Morgan fingerprint density at radius 3 is 2.14 bits per heavy atom. The molecule has 9 heteroatoms. The van der Waals surface area contributed by atoms with Gasteiger partial charge in [0.2, 0.25) is 5.75 Å². The summed E-state index contributed by atoms with van der Waals surface area (Å²) in [4.78, 5) is 23.5. The highest BCUT2D eigenvalue weighted by atomic mass is 35.5. The molecule has 0 bridgehead atoms. The van der Waals surface area contributed by atoms with Gasteiger partial charge in [0.1, 0.15) is 0 Å². The molecule has 1 fully saturated rings. The summed E-state index contributed by atoms with van der Waals surface area (Å²) < 4.78 is 15.9. The number of halogens is 1. The summed E-state index contributed by atoms with van der Waals surface area (Å²) in [6, 6.07) is 3.64. The van der Waals surface area contributed by atoms with Crippen LogP contribution in [0.25, 0.3) is 0 Å². The number of primary amides is 1. The van der Waals surface area contributed by atoms with Gasteiger partial charge in [0.05, 0.1) is 14.2 Å². The molecule has 0 aliphatic heterocycles. The highest BCUT2D eigenvalue weighted by Gasteiger charge is 2.18. The molecule has 0 unspecified atom stereocenters. The molecule has 1 aliphatic rings. The number of hydrogen-bond donors (Lipinski definition) is 3. The summed E-state index contributed by atoms with van der Waals surface area (Å²) in [6.07, 6.45) is 7.58. The zero-order chi connectivity index (χ0) is 20.4. The van der Waals surface area contributed by atoms with Gasteiger partial charge in [0, 0.05) is 24.7 Å². The molecule has 0 aromatic heterocycles. The SMILES string of the molecule is COc1cc(C(=O)NCCNC2CCCCCC2)cc(OC)c1OCC(N)=O.Cl. The van der Waals surface area contributed by atoms with Gasteiger partial charge in [-0.3, -0.25) is 9.59 Å². The molecule has 2 amide bonds. The van der Waals surface area contributed by atoms with Crippen LogP contribution >= 0.6 is 12.4 Å². The van der Waals surface area contributed by atoms with Crippen molar-refractivity contribution in [1.29, 1.82) is 0 Å². The van der Waals surface area contributed by atoms with E-state index in [1.807, 2.05) is 0 Å². The number of ether oxygens (including phenoxy) is 3. The zero-order valence-corrected chi connectivity index (χ0v) is 17.9. The van der Waals surface area contributed by atoms with Crippen molar-refractivity contribution in [3.63, 3.8) is 0 Å². The molecular formula is C20H32ClN3O5. The lowest BCUT2D eigenvalue weighted by atomic mass is 10.1. The molecule has 1 saturated carbocycles. The lowest BCUT2D eigenvalue weighted by molar-refractivity contribution is -0.120. The van der Waals surface area contributed by atoms with Crippen molar-refractivity contribution >= 4 is 24.2 Å². The van der Waals surface area contributed by atoms with E-state index in [-0.39, 0.29) is 30.7 Å². The Balaban J connectivity index is 0.00000420. The van der Waals surface area contributed by atoms with Crippen LogP contribution < -0.4 is 30.6 Å². The molecule has 29 heavy (non-hydrogen) atoms. The van der Waals surface area contributed by atoms with Gasteiger partial charge < -0.3 is 30.6 Å². The van der Waals surface area contributed by atoms with Gasteiger partial charge in [-0.1, -0.05) is 25.7 Å². The number of carbonyl (C=O) groups excluding carboxylic acids is 2. The first-order valence-electron chi connectivity index (χ1n) is 9.74. The van der Waals surface area contributed by atoms with Gasteiger partial charge in [-0.15, -0.1) is 12.4 Å². The Morgan fingerprint density at radius 2 is 1.62 bits per heavy atom. The van der Waals surface area contributed by atoms with Crippen molar-refractivity contribution in [2.24, 2.45) is 5.73 Å². The summed E-state index contributed by atoms with van der Waals surface area (Å²) in [5.74, 6) is -0.0344. The fourth-order valence-corrected chi connectivity index (χ4v) is 3.33. The Bertz CT molecular complexity index is 639. The van der Waals surface area contributed by atoms with Crippen molar-refractivity contribution in [1.82, 2.24) is 10.6 Å². The number of benzene rings is 1. The van der Waals surface area contributed by atoms with E-state index in [1.54, 1.807) is 12.1 Å². The third-order valence-electron chi connectivity index (χ3n) is 4.78. The van der Waals surface area contributed by atoms with Gasteiger partial charge in [-0.2, -0.15) is 0 Å². The summed E-state index contributed by atoms with van der Waals surface area (Å²) in [5.41, 5.74) is 5.50. The Labute approximate surface area is 178 Å². The Morgan fingerprint density at radius 1 is 1.03 bits per heavy atom. The number of carbonyl (C=O) groups is 2. The average molecular weight is 430 g/mol.